The van der Waals surface area contributed by atoms with Crippen LogP contribution >= 0.6 is 0 Å². The van der Waals surface area contributed by atoms with Crippen molar-refractivity contribution < 1.29 is 9.59 Å². The average molecular weight is 341 g/mol. The Kier molecular flexibility index (Phi) is 4.57. The average Bonchev–Trinajstić information content (AvgIpc) is 3.26. The first kappa shape index (κ1) is 17.1. The van der Waals surface area contributed by atoms with Gasteiger partial charge in [-0.3, -0.25) is 9.59 Å². The molecule has 0 aliphatic carbocycles. The summed E-state index contributed by atoms with van der Waals surface area (Å²) >= 11 is 0. The van der Waals surface area contributed by atoms with Crippen molar-refractivity contribution >= 4 is 17.5 Å². The maximum Gasteiger partial charge on any atom is 0.277 e. The number of amides is 2. The van der Waals surface area contributed by atoms with E-state index in [0.717, 1.165) is 25.9 Å². The van der Waals surface area contributed by atoms with Crippen molar-refractivity contribution in [3.8, 4) is 0 Å². The lowest BCUT2D eigenvalue weighted by molar-refractivity contribution is 0.0792. The van der Waals surface area contributed by atoms with Gasteiger partial charge in [-0.2, -0.15) is 0 Å². The van der Waals surface area contributed by atoms with E-state index in [1.807, 2.05) is 25.7 Å². The Balaban J connectivity index is 1.65. The topological polar surface area (TPSA) is 80.1 Å². The molecule has 2 aromatic rings. The van der Waals surface area contributed by atoms with Gasteiger partial charge < -0.3 is 10.2 Å². The van der Waals surface area contributed by atoms with E-state index >= 15 is 0 Å². The Morgan fingerprint density at radius 1 is 1.08 bits per heavy atom. The van der Waals surface area contributed by atoms with Crippen LogP contribution in [-0.4, -0.2) is 44.8 Å². The molecule has 0 unspecified atom stereocenters. The van der Waals surface area contributed by atoms with Gasteiger partial charge in [-0.25, -0.2) is 4.68 Å². The Morgan fingerprint density at radius 3 is 2.28 bits per heavy atom. The maximum atomic E-state index is 12.3. The smallest absolute Gasteiger partial charge is 0.277 e. The Morgan fingerprint density at radius 2 is 1.72 bits per heavy atom. The molecule has 0 spiro atoms. The summed E-state index contributed by atoms with van der Waals surface area (Å²) < 4.78 is 1.65. The first-order valence-electron chi connectivity index (χ1n) is 8.48. The molecule has 1 aliphatic rings. The molecular formula is C18H23N5O2. The number of anilines is 1. The van der Waals surface area contributed by atoms with Crippen molar-refractivity contribution in [2.75, 3.05) is 18.4 Å². The van der Waals surface area contributed by atoms with Crippen LogP contribution in [0.3, 0.4) is 0 Å². The third-order valence-electron chi connectivity index (χ3n) is 4.20. The zero-order valence-corrected chi connectivity index (χ0v) is 14.8. The number of rotatable bonds is 3. The molecule has 132 valence electrons. The second kappa shape index (κ2) is 6.66. The summed E-state index contributed by atoms with van der Waals surface area (Å²) in [5.74, 6) is -0.280. The zero-order chi connectivity index (χ0) is 18.0. The minimum atomic E-state index is -0.325. The Bertz CT molecular complexity index is 768. The first-order chi connectivity index (χ1) is 11.8. The monoisotopic (exact) mass is 341 g/mol. The van der Waals surface area contributed by atoms with Crippen molar-refractivity contribution in [1.29, 1.82) is 0 Å². The Labute approximate surface area is 147 Å². The zero-order valence-electron chi connectivity index (χ0n) is 14.8. The van der Waals surface area contributed by atoms with Crippen LogP contribution in [0, 0.1) is 0 Å². The van der Waals surface area contributed by atoms with E-state index in [1.54, 1.807) is 35.1 Å². The molecule has 0 radical (unpaired) electrons. The van der Waals surface area contributed by atoms with E-state index < -0.39 is 0 Å². The van der Waals surface area contributed by atoms with Crippen molar-refractivity contribution in [1.82, 2.24) is 19.9 Å². The van der Waals surface area contributed by atoms with Gasteiger partial charge in [0.05, 0.1) is 11.7 Å². The predicted molar refractivity (Wildman–Crippen MR) is 94.6 cm³/mol. The normalized spacial score (nSPS) is 14.6. The third-order valence-corrected chi connectivity index (χ3v) is 4.20. The van der Waals surface area contributed by atoms with Crippen LogP contribution in [-0.2, 0) is 5.54 Å². The van der Waals surface area contributed by atoms with Gasteiger partial charge in [0, 0.05) is 24.3 Å². The summed E-state index contributed by atoms with van der Waals surface area (Å²) in [6.07, 6.45) is 3.75. The summed E-state index contributed by atoms with van der Waals surface area (Å²) in [6.45, 7) is 7.60. The first-order valence-corrected chi connectivity index (χ1v) is 8.48. The summed E-state index contributed by atoms with van der Waals surface area (Å²) in [7, 11) is 0. The molecule has 1 aromatic carbocycles. The second-order valence-corrected chi connectivity index (χ2v) is 7.25. The molecule has 0 bridgehead atoms. The number of carbonyl (C=O) groups excluding carboxylic acids is 2. The number of nitrogens with one attached hydrogen (secondary N) is 1. The highest BCUT2D eigenvalue weighted by molar-refractivity contribution is 6.03. The van der Waals surface area contributed by atoms with Crippen LogP contribution < -0.4 is 5.32 Å². The van der Waals surface area contributed by atoms with E-state index in [2.05, 4.69) is 15.6 Å². The van der Waals surface area contributed by atoms with Gasteiger partial charge in [-0.15, -0.1) is 5.10 Å². The maximum absolute atomic E-state index is 12.3. The molecule has 0 saturated carbocycles. The van der Waals surface area contributed by atoms with Crippen LogP contribution in [0.1, 0.15) is 54.5 Å². The molecule has 2 heterocycles. The fourth-order valence-corrected chi connectivity index (χ4v) is 2.69. The molecule has 0 atom stereocenters. The van der Waals surface area contributed by atoms with E-state index in [0.29, 0.717) is 11.3 Å². The van der Waals surface area contributed by atoms with E-state index in [9.17, 15) is 9.59 Å². The molecule has 25 heavy (non-hydrogen) atoms. The van der Waals surface area contributed by atoms with Crippen LogP contribution in [0.25, 0.3) is 0 Å². The van der Waals surface area contributed by atoms with Gasteiger partial charge in [0.1, 0.15) is 0 Å². The summed E-state index contributed by atoms with van der Waals surface area (Å²) in [6, 6.07) is 6.94. The number of benzene rings is 1. The summed E-state index contributed by atoms with van der Waals surface area (Å²) in [5.41, 5.74) is 1.28. The minimum Gasteiger partial charge on any atom is -0.339 e. The highest BCUT2D eigenvalue weighted by atomic mass is 16.2. The van der Waals surface area contributed by atoms with Gasteiger partial charge >= 0.3 is 0 Å². The second-order valence-electron chi connectivity index (χ2n) is 7.25. The standard InChI is InChI=1S/C18H23N5O2/c1-18(2,3)23-12-15(20-21-23)16(24)19-14-8-6-13(7-9-14)17(25)22-10-4-5-11-22/h6-9,12H,4-5,10-11H2,1-3H3,(H,19,24). The number of carbonyl (C=O) groups is 2. The van der Waals surface area contributed by atoms with E-state index in [4.69, 9.17) is 0 Å². The molecule has 7 nitrogen and oxygen atoms in total. The summed E-state index contributed by atoms with van der Waals surface area (Å²) in [4.78, 5) is 26.5. The van der Waals surface area contributed by atoms with Gasteiger partial charge in [-0.05, 0) is 57.9 Å². The van der Waals surface area contributed by atoms with Crippen molar-refractivity contribution in [3.05, 3.63) is 41.7 Å². The summed E-state index contributed by atoms with van der Waals surface area (Å²) in [5, 5.41) is 10.7. The van der Waals surface area contributed by atoms with Gasteiger partial charge in [0.2, 0.25) is 0 Å². The lowest BCUT2D eigenvalue weighted by Gasteiger charge is -2.17. The Hall–Kier alpha value is -2.70. The van der Waals surface area contributed by atoms with Gasteiger partial charge in [0.15, 0.2) is 5.69 Å². The molecular weight excluding hydrogens is 318 g/mol. The van der Waals surface area contributed by atoms with E-state index in [1.165, 1.54) is 0 Å². The third kappa shape index (κ3) is 3.87. The number of nitrogens with zero attached hydrogens (tertiary/aromatic N) is 4. The predicted octanol–water partition coefficient (Wildman–Crippen LogP) is 2.52. The lowest BCUT2D eigenvalue weighted by Crippen LogP contribution is -2.27. The fourth-order valence-electron chi connectivity index (χ4n) is 2.69. The molecule has 3 rings (SSSR count). The van der Waals surface area contributed by atoms with Crippen molar-refractivity contribution in [3.63, 3.8) is 0 Å². The van der Waals surface area contributed by atoms with Crippen molar-refractivity contribution in [2.24, 2.45) is 0 Å². The number of hydrogen-bond acceptors (Lipinski definition) is 4. The van der Waals surface area contributed by atoms with Crippen LogP contribution in [0.4, 0.5) is 5.69 Å². The SMILES string of the molecule is CC(C)(C)n1cc(C(=O)Nc2ccc(C(=O)N3CCCC3)cc2)nn1. The fraction of sp³-hybridized carbons (Fsp3) is 0.444. The molecule has 1 N–H and O–H groups in total. The number of aromatic nitrogens is 3. The molecule has 1 saturated heterocycles. The largest absolute Gasteiger partial charge is 0.339 e. The highest BCUT2D eigenvalue weighted by Gasteiger charge is 2.20. The van der Waals surface area contributed by atoms with Gasteiger partial charge in [0.25, 0.3) is 11.8 Å². The van der Waals surface area contributed by atoms with Crippen LogP contribution in [0.5, 0.6) is 0 Å². The lowest BCUT2D eigenvalue weighted by atomic mass is 10.1. The molecule has 7 heteroatoms. The molecule has 1 fully saturated rings. The molecule has 2 amide bonds. The van der Waals surface area contributed by atoms with Gasteiger partial charge in [-0.1, -0.05) is 5.21 Å². The van der Waals surface area contributed by atoms with E-state index in [-0.39, 0.29) is 23.0 Å². The van der Waals surface area contributed by atoms with Crippen LogP contribution in [0.2, 0.25) is 0 Å². The highest BCUT2D eigenvalue weighted by Crippen LogP contribution is 2.16. The quantitative estimate of drug-likeness (QED) is 0.930. The molecule has 1 aliphatic heterocycles. The number of likely N-dealkylation sites (tertiary alicyclic amines) is 1. The molecule has 1 aromatic heterocycles. The number of hydrogen-bond donors (Lipinski definition) is 1. The van der Waals surface area contributed by atoms with Crippen LogP contribution in [0.15, 0.2) is 30.5 Å². The minimum absolute atomic E-state index is 0.0449. The van der Waals surface area contributed by atoms with Crippen molar-refractivity contribution in [2.45, 2.75) is 39.2 Å².